The highest BCUT2D eigenvalue weighted by molar-refractivity contribution is 6.56. The predicted molar refractivity (Wildman–Crippen MR) is 76.1 cm³/mol. The SMILES string of the molecule is C=C(OC)c1nc(C#CC[Si](C)C)c(N)nc1N. The Morgan fingerprint density at radius 1 is 1.33 bits per heavy atom. The first-order valence-electron chi connectivity index (χ1n) is 5.39. The molecule has 18 heavy (non-hydrogen) atoms. The van der Waals surface area contributed by atoms with Crippen molar-refractivity contribution < 1.29 is 4.74 Å². The smallest absolute Gasteiger partial charge is 0.160 e. The Labute approximate surface area is 109 Å². The van der Waals surface area contributed by atoms with Gasteiger partial charge in [0.25, 0.3) is 0 Å². The minimum Gasteiger partial charge on any atom is -0.495 e. The summed E-state index contributed by atoms with van der Waals surface area (Å²) in [6.45, 7) is 8.07. The molecule has 0 amide bonds. The fraction of sp³-hybridized carbons (Fsp3) is 0.333. The van der Waals surface area contributed by atoms with Crippen LogP contribution in [0.25, 0.3) is 5.76 Å². The number of hydrogen-bond donors (Lipinski definition) is 2. The summed E-state index contributed by atoms with van der Waals surface area (Å²) < 4.78 is 4.99. The van der Waals surface area contributed by atoms with E-state index in [1.54, 1.807) is 0 Å². The largest absolute Gasteiger partial charge is 0.495 e. The van der Waals surface area contributed by atoms with Gasteiger partial charge in [0.1, 0.15) is 11.5 Å². The number of hydrogen-bond acceptors (Lipinski definition) is 5. The van der Waals surface area contributed by atoms with E-state index >= 15 is 0 Å². The van der Waals surface area contributed by atoms with Crippen LogP contribution in [0.5, 0.6) is 0 Å². The Kier molecular flexibility index (Phi) is 4.74. The standard InChI is InChI=1S/C12H17N4OSi/c1-8(17-2)10-12(14)16-11(13)9(15-10)6-5-7-18(3)4/h1,7H2,2-4H3,(H4,13,14,16). The highest BCUT2D eigenvalue weighted by Crippen LogP contribution is 2.19. The van der Waals surface area contributed by atoms with Gasteiger partial charge in [0.15, 0.2) is 17.3 Å². The van der Waals surface area contributed by atoms with E-state index in [4.69, 9.17) is 16.2 Å². The summed E-state index contributed by atoms with van der Waals surface area (Å²) >= 11 is 0. The zero-order valence-corrected chi connectivity index (χ0v) is 11.9. The second kappa shape index (κ2) is 6.07. The summed E-state index contributed by atoms with van der Waals surface area (Å²) in [6.07, 6.45) is 0. The number of nitrogens with zero attached hydrogens (tertiary/aromatic N) is 2. The van der Waals surface area contributed by atoms with Crippen LogP contribution < -0.4 is 11.5 Å². The third kappa shape index (κ3) is 3.50. The van der Waals surface area contributed by atoms with Crippen LogP contribution in [0.15, 0.2) is 6.58 Å². The van der Waals surface area contributed by atoms with Crippen LogP contribution in [0, 0.1) is 11.8 Å². The van der Waals surface area contributed by atoms with E-state index in [1.165, 1.54) is 7.11 Å². The van der Waals surface area contributed by atoms with E-state index in [0.717, 1.165) is 6.04 Å². The van der Waals surface area contributed by atoms with Gasteiger partial charge in [-0.3, -0.25) is 0 Å². The molecule has 95 valence electrons. The Bertz CT molecular complexity index is 517. The molecule has 0 fully saturated rings. The molecule has 1 heterocycles. The van der Waals surface area contributed by atoms with Crippen molar-refractivity contribution >= 4 is 26.2 Å². The van der Waals surface area contributed by atoms with Crippen molar-refractivity contribution in [1.29, 1.82) is 0 Å². The topological polar surface area (TPSA) is 87.0 Å². The van der Waals surface area contributed by atoms with E-state index in [1.807, 2.05) is 0 Å². The summed E-state index contributed by atoms with van der Waals surface area (Å²) in [6, 6.07) is 0.872. The Morgan fingerprint density at radius 2 is 2.00 bits per heavy atom. The molecule has 0 bridgehead atoms. The highest BCUT2D eigenvalue weighted by atomic mass is 28.3. The molecule has 0 aliphatic carbocycles. The quantitative estimate of drug-likeness (QED) is 0.487. The number of ether oxygens (including phenoxy) is 1. The molecule has 1 aromatic heterocycles. The normalized spacial score (nSPS) is 9.78. The average molecular weight is 261 g/mol. The van der Waals surface area contributed by atoms with Crippen LogP contribution in [-0.4, -0.2) is 25.9 Å². The third-order valence-corrected chi connectivity index (χ3v) is 2.99. The van der Waals surface area contributed by atoms with Crippen molar-refractivity contribution in [3.63, 3.8) is 0 Å². The number of rotatable bonds is 3. The van der Waals surface area contributed by atoms with E-state index in [2.05, 4.69) is 41.5 Å². The van der Waals surface area contributed by atoms with Gasteiger partial charge in [-0.2, -0.15) is 0 Å². The first kappa shape index (κ1) is 14.1. The number of anilines is 2. The second-order valence-electron chi connectivity index (χ2n) is 4.00. The van der Waals surface area contributed by atoms with Gasteiger partial charge in [-0.15, -0.1) is 0 Å². The fourth-order valence-corrected chi connectivity index (χ4v) is 1.60. The van der Waals surface area contributed by atoms with Crippen molar-refractivity contribution in [3.8, 4) is 11.8 Å². The van der Waals surface area contributed by atoms with E-state index in [9.17, 15) is 0 Å². The lowest BCUT2D eigenvalue weighted by molar-refractivity contribution is 0.369. The van der Waals surface area contributed by atoms with Gasteiger partial charge in [-0.25, -0.2) is 9.97 Å². The van der Waals surface area contributed by atoms with Gasteiger partial charge in [-0.05, 0) is 5.92 Å². The molecule has 0 aliphatic rings. The van der Waals surface area contributed by atoms with Crippen molar-refractivity contribution in [1.82, 2.24) is 9.97 Å². The minimum absolute atomic E-state index is 0.195. The Morgan fingerprint density at radius 3 is 2.56 bits per heavy atom. The molecule has 6 heteroatoms. The maximum absolute atomic E-state index is 5.73. The lowest BCUT2D eigenvalue weighted by Gasteiger charge is -2.07. The van der Waals surface area contributed by atoms with Crippen molar-refractivity contribution in [2.24, 2.45) is 0 Å². The molecule has 0 aliphatic heterocycles. The summed E-state index contributed by atoms with van der Waals surface area (Å²) in [5.74, 6) is 6.73. The molecule has 5 nitrogen and oxygen atoms in total. The number of methoxy groups -OCH3 is 1. The molecule has 4 N–H and O–H groups in total. The van der Waals surface area contributed by atoms with E-state index < -0.39 is 0 Å². The molecule has 1 radical (unpaired) electrons. The van der Waals surface area contributed by atoms with Gasteiger partial charge in [0.05, 0.1) is 15.9 Å². The molecular formula is C12H17N4OSi. The van der Waals surface area contributed by atoms with Crippen LogP contribution in [0.3, 0.4) is 0 Å². The van der Waals surface area contributed by atoms with E-state index in [0.29, 0.717) is 17.1 Å². The molecule has 0 saturated carbocycles. The highest BCUT2D eigenvalue weighted by Gasteiger charge is 2.11. The zero-order valence-electron chi connectivity index (χ0n) is 10.9. The fourth-order valence-electron chi connectivity index (χ4n) is 1.16. The van der Waals surface area contributed by atoms with E-state index in [-0.39, 0.29) is 20.4 Å². The molecule has 0 aromatic carbocycles. The van der Waals surface area contributed by atoms with Gasteiger partial charge in [0.2, 0.25) is 0 Å². The van der Waals surface area contributed by atoms with Crippen LogP contribution in [-0.2, 0) is 4.74 Å². The summed E-state index contributed by atoms with van der Waals surface area (Å²) in [5.41, 5.74) is 12.2. The lowest BCUT2D eigenvalue weighted by Crippen LogP contribution is -2.07. The summed E-state index contributed by atoms with van der Waals surface area (Å²) in [5, 5.41) is 0. The zero-order chi connectivity index (χ0) is 13.7. The maximum Gasteiger partial charge on any atom is 0.160 e. The molecule has 0 saturated heterocycles. The third-order valence-electron chi connectivity index (χ3n) is 2.11. The van der Waals surface area contributed by atoms with Gasteiger partial charge >= 0.3 is 0 Å². The number of nitrogen functional groups attached to an aromatic ring is 2. The molecule has 1 aromatic rings. The minimum atomic E-state index is -0.385. The molecule has 0 atom stereocenters. The van der Waals surface area contributed by atoms with Crippen LogP contribution >= 0.6 is 0 Å². The average Bonchev–Trinajstić information content (AvgIpc) is 2.30. The van der Waals surface area contributed by atoms with Crippen molar-refractivity contribution in [2.45, 2.75) is 19.1 Å². The Balaban J connectivity index is 3.11. The van der Waals surface area contributed by atoms with Crippen LogP contribution in [0.1, 0.15) is 11.4 Å². The van der Waals surface area contributed by atoms with Gasteiger partial charge in [-0.1, -0.05) is 25.6 Å². The second-order valence-corrected chi connectivity index (χ2v) is 6.77. The van der Waals surface area contributed by atoms with Crippen molar-refractivity contribution in [3.05, 3.63) is 18.0 Å². The Hall–Kier alpha value is -2.00. The molecule has 0 spiro atoms. The van der Waals surface area contributed by atoms with Crippen LogP contribution in [0.2, 0.25) is 19.1 Å². The van der Waals surface area contributed by atoms with Crippen molar-refractivity contribution in [2.75, 3.05) is 18.6 Å². The number of aromatic nitrogens is 2. The first-order valence-corrected chi connectivity index (χ1v) is 8.10. The van der Waals surface area contributed by atoms with Gasteiger partial charge in [0, 0.05) is 6.04 Å². The first-order chi connectivity index (χ1) is 8.45. The molecular weight excluding hydrogens is 244 g/mol. The lowest BCUT2D eigenvalue weighted by atomic mass is 10.3. The van der Waals surface area contributed by atoms with Crippen LogP contribution in [0.4, 0.5) is 11.6 Å². The van der Waals surface area contributed by atoms with Gasteiger partial charge < -0.3 is 16.2 Å². The maximum atomic E-state index is 5.73. The molecule has 1 rings (SSSR count). The number of nitrogens with two attached hydrogens (primary N) is 2. The predicted octanol–water partition coefficient (Wildman–Crippen LogP) is 1.36. The summed E-state index contributed by atoms with van der Waals surface area (Å²) in [4.78, 5) is 8.24. The monoisotopic (exact) mass is 261 g/mol. The summed E-state index contributed by atoms with van der Waals surface area (Å²) in [7, 11) is 1.11. The molecule has 0 unspecified atom stereocenters.